The van der Waals surface area contributed by atoms with Crippen molar-refractivity contribution in [3.63, 3.8) is 0 Å². The Balaban J connectivity index is 2.70. The van der Waals surface area contributed by atoms with Crippen molar-refractivity contribution in [2.75, 3.05) is 0 Å². The zero-order valence-electron chi connectivity index (χ0n) is 8.95. The van der Waals surface area contributed by atoms with E-state index in [1.807, 2.05) is 19.9 Å². The van der Waals surface area contributed by atoms with Crippen LogP contribution in [0.3, 0.4) is 0 Å². The number of pyridine rings is 1. The van der Waals surface area contributed by atoms with Gasteiger partial charge in [-0.25, -0.2) is 0 Å². The van der Waals surface area contributed by atoms with E-state index in [4.69, 9.17) is 6.42 Å². The molecular weight excluding hydrogens is 188 g/mol. The number of amides is 1. The van der Waals surface area contributed by atoms with Gasteiger partial charge in [-0.1, -0.05) is 6.07 Å². The van der Waals surface area contributed by atoms with Crippen LogP contribution < -0.4 is 5.32 Å². The van der Waals surface area contributed by atoms with Crippen LogP contribution in [0.15, 0.2) is 18.3 Å². The van der Waals surface area contributed by atoms with Crippen LogP contribution in [0.25, 0.3) is 0 Å². The second-order valence-corrected chi connectivity index (χ2v) is 3.45. The number of rotatable bonds is 3. The normalized spacial score (nSPS) is 11.5. The van der Waals surface area contributed by atoms with Gasteiger partial charge in [0.1, 0.15) is 5.69 Å². The van der Waals surface area contributed by atoms with E-state index >= 15 is 0 Å². The molecule has 0 saturated carbocycles. The van der Waals surface area contributed by atoms with Gasteiger partial charge in [0.15, 0.2) is 0 Å². The summed E-state index contributed by atoms with van der Waals surface area (Å²) in [6, 6.07) is 3.63. The van der Waals surface area contributed by atoms with Crippen molar-refractivity contribution in [2.45, 2.75) is 26.3 Å². The number of nitrogens with zero attached hydrogens (tertiary/aromatic N) is 1. The van der Waals surface area contributed by atoms with Crippen LogP contribution in [-0.4, -0.2) is 16.9 Å². The number of nitrogens with one attached hydrogen (secondary N) is 1. The zero-order valence-corrected chi connectivity index (χ0v) is 8.95. The van der Waals surface area contributed by atoms with Crippen LogP contribution in [0.1, 0.15) is 29.4 Å². The summed E-state index contributed by atoms with van der Waals surface area (Å²) >= 11 is 0. The predicted molar refractivity (Wildman–Crippen MR) is 59.4 cm³/mol. The molecule has 1 N–H and O–H groups in total. The molecular formula is C12H14N2O. The first-order valence-electron chi connectivity index (χ1n) is 4.81. The van der Waals surface area contributed by atoms with E-state index < -0.39 is 0 Å². The maximum Gasteiger partial charge on any atom is 0.270 e. The third-order valence-electron chi connectivity index (χ3n) is 2.03. The third kappa shape index (κ3) is 3.10. The van der Waals surface area contributed by atoms with Gasteiger partial charge in [-0.15, -0.1) is 12.3 Å². The molecule has 0 aliphatic heterocycles. The predicted octanol–water partition coefficient (Wildman–Crippen LogP) is 1.53. The van der Waals surface area contributed by atoms with E-state index in [0.29, 0.717) is 12.1 Å². The summed E-state index contributed by atoms with van der Waals surface area (Å²) in [5.41, 5.74) is 1.32. The van der Waals surface area contributed by atoms with Gasteiger partial charge in [-0.3, -0.25) is 9.78 Å². The summed E-state index contributed by atoms with van der Waals surface area (Å²) in [6.45, 7) is 3.73. The fraction of sp³-hybridized carbons (Fsp3) is 0.333. The summed E-state index contributed by atoms with van der Waals surface area (Å²) < 4.78 is 0. The van der Waals surface area contributed by atoms with E-state index in [1.165, 1.54) is 0 Å². The highest BCUT2D eigenvalue weighted by atomic mass is 16.1. The Morgan fingerprint density at radius 1 is 1.73 bits per heavy atom. The van der Waals surface area contributed by atoms with Gasteiger partial charge in [0, 0.05) is 18.7 Å². The Bertz CT molecular complexity index is 393. The molecule has 0 bridgehead atoms. The minimum absolute atomic E-state index is 0.0242. The number of terminal acetylenes is 1. The van der Waals surface area contributed by atoms with Gasteiger partial charge in [0.05, 0.1) is 0 Å². The molecule has 3 nitrogen and oxygen atoms in total. The summed E-state index contributed by atoms with van der Waals surface area (Å²) in [4.78, 5) is 15.7. The first kappa shape index (κ1) is 11.3. The van der Waals surface area contributed by atoms with Crippen molar-refractivity contribution in [3.05, 3.63) is 29.6 Å². The van der Waals surface area contributed by atoms with E-state index in [-0.39, 0.29) is 11.9 Å². The van der Waals surface area contributed by atoms with Crippen molar-refractivity contribution in [1.29, 1.82) is 0 Å². The number of carbonyl (C=O) groups is 1. The first-order chi connectivity index (χ1) is 7.15. The van der Waals surface area contributed by atoms with Gasteiger partial charge in [0.25, 0.3) is 5.91 Å². The standard InChI is InChI=1S/C12H14N2O/c1-4-6-10(3)14-12(15)11-9(2)7-5-8-13-11/h1,5,7-8,10H,6H2,2-3H3,(H,14,15). The molecule has 1 aromatic heterocycles. The summed E-state index contributed by atoms with van der Waals surface area (Å²) in [5, 5.41) is 2.79. The molecule has 1 aromatic rings. The molecule has 1 rings (SSSR count). The molecule has 0 aromatic carbocycles. The number of hydrogen-bond donors (Lipinski definition) is 1. The van der Waals surface area contributed by atoms with Crippen LogP contribution in [0, 0.1) is 19.3 Å². The Labute approximate surface area is 89.9 Å². The van der Waals surface area contributed by atoms with Crippen LogP contribution in [0.2, 0.25) is 0 Å². The molecule has 1 unspecified atom stereocenters. The Hall–Kier alpha value is -1.82. The smallest absolute Gasteiger partial charge is 0.270 e. The Morgan fingerprint density at radius 3 is 3.07 bits per heavy atom. The molecule has 0 aliphatic rings. The maximum atomic E-state index is 11.7. The second kappa shape index (κ2) is 5.16. The molecule has 0 fully saturated rings. The van der Waals surface area contributed by atoms with Crippen molar-refractivity contribution >= 4 is 5.91 Å². The summed E-state index contributed by atoms with van der Waals surface area (Å²) in [5.74, 6) is 2.33. The van der Waals surface area contributed by atoms with E-state index in [0.717, 1.165) is 5.56 Å². The number of hydrogen-bond acceptors (Lipinski definition) is 2. The first-order valence-corrected chi connectivity index (χ1v) is 4.81. The van der Waals surface area contributed by atoms with Crippen molar-refractivity contribution in [3.8, 4) is 12.3 Å². The van der Waals surface area contributed by atoms with Gasteiger partial charge in [-0.05, 0) is 25.5 Å². The topological polar surface area (TPSA) is 42.0 Å². The SMILES string of the molecule is C#CCC(C)NC(=O)c1ncccc1C. The molecule has 78 valence electrons. The average Bonchev–Trinajstić information content (AvgIpc) is 2.18. The van der Waals surface area contributed by atoms with Crippen LogP contribution >= 0.6 is 0 Å². The van der Waals surface area contributed by atoms with Gasteiger partial charge < -0.3 is 5.32 Å². The van der Waals surface area contributed by atoms with E-state index in [9.17, 15) is 4.79 Å². The van der Waals surface area contributed by atoms with Crippen molar-refractivity contribution < 1.29 is 4.79 Å². The van der Waals surface area contributed by atoms with Gasteiger partial charge in [0.2, 0.25) is 0 Å². The minimum Gasteiger partial charge on any atom is -0.347 e. The van der Waals surface area contributed by atoms with Gasteiger partial charge >= 0.3 is 0 Å². The molecule has 15 heavy (non-hydrogen) atoms. The largest absolute Gasteiger partial charge is 0.347 e. The summed E-state index contributed by atoms with van der Waals surface area (Å²) in [6.07, 6.45) is 7.29. The molecule has 0 spiro atoms. The monoisotopic (exact) mass is 202 g/mol. The third-order valence-corrected chi connectivity index (χ3v) is 2.03. The minimum atomic E-state index is -0.171. The highest BCUT2D eigenvalue weighted by Crippen LogP contribution is 2.03. The lowest BCUT2D eigenvalue weighted by Crippen LogP contribution is -2.33. The maximum absolute atomic E-state index is 11.7. The summed E-state index contributed by atoms with van der Waals surface area (Å²) in [7, 11) is 0. The molecule has 1 heterocycles. The molecule has 0 saturated heterocycles. The highest BCUT2D eigenvalue weighted by Gasteiger charge is 2.11. The molecule has 1 amide bonds. The quantitative estimate of drug-likeness (QED) is 0.755. The van der Waals surface area contributed by atoms with Crippen LogP contribution in [0.4, 0.5) is 0 Å². The van der Waals surface area contributed by atoms with E-state index in [2.05, 4.69) is 16.2 Å². The lowest BCUT2D eigenvalue weighted by molar-refractivity contribution is 0.0935. The molecule has 3 heteroatoms. The molecule has 0 radical (unpaired) electrons. The lowest BCUT2D eigenvalue weighted by atomic mass is 10.2. The number of aromatic nitrogens is 1. The molecule has 0 aliphatic carbocycles. The van der Waals surface area contributed by atoms with Crippen LogP contribution in [-0.2, 0) is 0 Å². The zero-order chi connectivity index (χ0) is 11.3. The van der Waals surface area contributed by atoms with E-state index in [1.54, 1.807) is 12.3 Å². The highest BCUT2D eigenvalue weighted by molar-refractivity contribution is 5.93. The fourth-order valence-electron chi connectivity index (χ4n) is 1.24. The fourth-order valence-corrected chi connectivity index (χ4v) is 1.24. The Kier molecular flexibility index (Phi) is 3.87. The Morgan fingerprint density at radius 2 is 2.47 bits per heavy atom. The second-order valence-electron chi connectivity index (χ2n) is 3.45. The average molecular weight is 202 g/mol. The number of carbonyl (C=O) groups excluding carboxylic acids is 1. The molecule has 1 atom stereocenters. The van der Waals surface area contributed by atoms with Crippen molar-refractivity contribution in [2.24, 2.45) is 0 Å². The van der Waals surface area contributed by atoms with Crippen molar-refractivity contribution in [1.82, 2.24) is 10.3 Å². The number of aryl methyl sites for hydroxylation is 1. The van der Waals surface area contributed by atoms with Crippen LogP contribution in [0.5, 0.6) is 0 Å². The van der Waals surface area contributed by atoms with Gasteiger partial charge in [-0.2, -0.15) is 0 Å². The lowest BCUT2D eigenvalue weighted by Gasteiger charge is -2.11.